The third-order valence-corrected chi connectivity index (χ3v) is 4.03. The van der Waals surface area contributed by atoms with E-state index in [1.54, 1.807) is 6.92 Å². The summed E-state index contributed by atoms with van der Waals surface area (Å²) in [5.74, 6) is -2.05. The average Bonchev–Trinajstić information content (AvgIpc) is 2.44. The van der Waals surface area contributed by atoms with Gasteiger partial charge in [0.15, 0.2) is 0 Å². The predicted molar refractivity (Wildman–Crippen MR) is 79.4 cm³/mol. The van der Waals surface area contributed by atoms with Gasteiger partial charge in [0.2, 0.25) is 11.7 Å². The molecule has 2 heterocycles. The Morgan fingerprint density at radius 3 is 2.59 bits per heavy atom. The summed E-state index contributed by atoms with van der Waals surface area (Å²) in [4.78, 5) is 27.7. The van der Waals surface area contributed by atoms with Gasteiger partial charge in [0, 0.05) is 16.7 Å². The molecule has 0 aliphatic carbocycles. The van der Waals surface area contributed by atoms with Crippen molar-refractivity contribution in [1.29, 1.82) is 0 Å². The molecule has 3 rings (SSSR count). The summed E-state index contributed by atoms with van der Waals surface area (Å²) in [6, 6.07) is 4.27. The highest BCUT2D eigenvalue weighted by Crippen LogP contribution is 2.23. The lowest BCUT2D eigenvalue weighted by molar-refractivity contribution is 0.545. The van der Waals surface area contributed by atoms with Crippen molar-refractivity contribution in [3.63, 3.8) is 0 Å². The monoisotopic (exact) mass is 367 g/mol. The number of benzene rings is 1. The number of nitrogens with zero attached hydrogens (tertiary/aromatic N) is 3. The van der Waals surface area contributed by atoms with E-state index in [-0.39, 0.29) is 11.5 Å². The van der Waals surface area contributed by atoms with Gasteiger partial charge in [0.1, 0.15) is 5.82 Å². The van der Waals surface area contributed by atoms with Crippen molar-refractivity contribution >= 4 is 21.7 Å². The molecule has 0 saturated heterocycles. The summed E-state index contributed by atoms with van der Waals surface area (Å²) in [5, 5.41) is 0. The van der Waals surface area contributed by atoms with Gasteiger partial charge in [-0.15, -0.1) is 0 Å². The fourth-order valence-corrected chi connectivity index (χ4v) is 2.44. The van der Waals surface area contributed by atoms with Gasteiger partial charge in [0.25, 0.3) is 11.1 Å². The maximum atomic E-state index is 14.2. The summed E-state index contributed by atoms with van der Waals surface area (Å²) >= 11 is 3.19. The standard InChI is InChI=1S/C14H8BrF2N3O2/c1-7-4-10(9(16)5-8(7)15)19-13(22)6-11(17)20-12(21)2-3-18-14(19)20/h2-6H,1H3. The van der Waals surface area contributed by atoms with Crippen LogP contribution in [-0.4, -0.2) is 14.0 Å². The Kier molecular flexibility index (Phi) is 3.40. The molecular formula is C14H8BrF2N3O2. The van der Waals surface area contributed by atoms with Gasteiger partial charge in [-0.05, 0) is 24.6 Å². The van der Waals surface area contributed by atoms with E-state index in [1.165, 1.54) is 12.1 Å². The summed E-state index contributed by atoms with van der Waals surface area (Å²) in [5.41, 5.74) is -0.966. The summed E-state index contributed by atoms with van der Waals surface area (Å²) < 4.78 is 30.1. The quantitative estimate of drug-likeness (QED) is 0.619. The van der Waals surface area contributed by atoms with Gasteiger partial charge >= 0.3 is 0 Å². The van der Waals surface area contributed by atoms with Crippen LogP contribution < -0.4 is 11.1 Å². The van der Waals surface area contributed by atoms with Crippen LogP contribution in [0.15, 0.2) is 44.5 Å². The third-order valence-electron chi connectivity index (χ3n) is 3.17. The normalized spacial score (nSPS) is 11.1. The number of aryl methyl sites for hydroxylation is 1. The van der Waals surface area contributed by atoms with Gasteiger partial charge in [-0.2, -0.15) is 4.39 Å². The Labute approximate surface area is 130 Å². The lowest BCUT2D eigenvalue weighted by Gasteiger charge is -2.12. The molecule has 0 atom stereocenters. The predicted octanol–water partition coefficient (Wildman–Crippen LogP) is 2.19. The van der Waals surface area contributed by atoms with Gasteiger partial charge in [-0.1, -0.05) is 15.9 Å². The van der Waals surface area contributed by atoms with Crippen molar-refractivity contribution in [2.75, 3.05) is 0 Å². The van der Waals surface area contributed by atoms with Crippen molar-refractivity contribution in [2.24, 2.45) is 0 Å². The highest BCUT2D eigenvalue weighted by atomic mass is 79.9. The molecule has 0 fully saturated rings. The maximum absolute atomic E-state index is 14.2. The first-order valence-electron chi connectivity index (χ1n) is 6.15. The summed E-state index contributed by atoms with van der Waals surface area (Å²) in [6.07, 6.45) is 1.14. The van der Waals surface area contributed by atoms with E-state index < -0.39 is 22.9 Å². The molecule has 0 bridgehead atoms. The first-order valence-corrected chi connectivity index (χ1v) is 6.95. The Morgan fingerprint density at radius 1 is 1.14 bits per heavy atom. The highest BCUT2D eigenvalue weighted by Gasteiger charge is 2.16. The number of hydrogen-bond acceptors (Lipinski definition) is 3. The van der Waals surface area contributed by atoms with Crippen LogP contribution in [0.25, 0.3) is 11.5 Å². The van der Waals surface area contributed by atoms with Crippen molar-refractivity contribution < 1.29 is 8.78 Å². The molecule has 0 aliphatic rings. The zero-order valence-corrected chi connectivity index (χ0v) is 12.8. The van der Waals surface area contributed by atoms with E-state index in [0.29, 0.717) is 20.5 Å². The largest absolute Gasteiger partial charge is 0.269 e. The first-order chi connectivity index (χ1) is 10.4. The molecule has 0 saturated carbocycles. The molecule has 0 N–H and O–H groups in total. The minimum absolute atomic E-state index is 0.110. The smallest absolute Gasteiger partial charge is 0.262 e. The Balaban J connectivity index is 2.52. The van der Waals surface area contributed by atoms with Crippen LogP contribution in [0.4, 0.5) is 8.78 Å². The van der Waals surface area contributed by atoms with Crippen LogP contribution in [-0.2, 0) is 0 Å². The van der Waals surface area contributed by atoms with E-state index in [1.807, 2.05) is 0 Å². The third kappa shape index (κ3) is 2.16. The van der Waals surface area contributed by atoms with Crippen LogP contribution in [0.2, 0.25) is 0 Å². The fraction of sp³-hybridized carbons (Fsp3) is 0.0714. The molecular weight excluding hydrogens is 360 g/mol. The average molecular weight is 368 g/mol. The van der Waals surface area contributed by atoms with Crippen LogP contribution in [0.1, 0.15) is 5.56 Å². The molecule has 1 aromatic carbocycles. The Bertz CT molecular complexity index is 1030. The topological polar surface area (TPSA) is 56.4 Å². The highest BCUT2D eigenvalue weighted by molar-refractivity contribution is 9.10. The SMILES string of the molecule is Cc1cc(-n2c(=O)cc(F)n3c(=O)ccnc23)c(F)cc1Br. The van der Waals surface area contributed by atoms with Crippen molar-refractivity contribution in [1.82, 2.24) is 14.0 Å². The molecule has 112 valence electrons. The minimum atomic E-state index is -1.05. The van der Waals surface area contributed by atoms with Gasteiger partial charge < -0.3 is 0 Å². The first kappa shape index (κ1) is 14.6. The van der Waals surface area contributed by atoms with Crippen LogP contribution in [0.5, 0.6) is 0 Å². The maximum Gasteiger partial charge on any atom is 0.262 e. The minimum Gasteiger partial charge on any atom is -0.269 e. The van der Waals surface area contributed by atoms with E-state index in [0.717, 1.165) is 16.8 Å². The summed E-state index contributed by atoms with van der Waals surface area (Å²) in [6.45, 7) is 1.71. The molecule has 3 aromatic rings. The zero-order valence-electron chi connectivity index (χ0n) is 11.2. The molecule has 8 heteroatoms. The van der Waals surface area contributed by atoms with Crippen molar-refractivity contribution in [2.45, 2.75) is 6.92 Å². The zero-order chi connectivity index (χ0) is 16.0. The Hall–Kier alpha value is -2.35. The molecule has 0 unspecified atom stereocenters. The van der Waals surface area contributed by atoms with Crippen molar-refractivity contribution in [3.8, 4) is 5.69 Å². The fourth-order valence-electron chi connectivity index (χ4n) is 2.13. The Morgan fingerprint density at radius 2 is 1.86 bits per heavy atom. The second-order valence-corrected chi connectivity index (χ2v) is 5.47. The number of aromatic nitrogens is 3. The molecule has 0 spiro atoms. The number of halogens is 3. The molecule has 0 amide bonds. The molecule has 2 aromatic heterocycles. The van der Waals surface area contributed by atoms with E-state index in [4.69, 9.17) is 0 Å². The molecule has 0 radical (unpaired) electrons. The molecule has 0 aliphatic heterocycles. The van der Waals surface area contributed by atoms with Crippen LogP contribution in [0.3, 0.4) is 0 Å². The van der Waals surface area contributed by atoms with Crippen LogP contribution in [0, 0.1) is 18.7 Å². The second kappa shape index (κ2) is 5.13. The lowest BCUT2D eigenvalue weighted by Crippen LogP contribution is -2.28. The lowest BCUT2D eigenvalue weighted by atomic mass is 10.2. The number of hydrogen-bond donors (Lipinski definition) is 0. The van der Waals surface area contributed by atoms with Crippen molar-refractivity contribution in [3.05, 3.63) is 73.0 Å². The number of rotatable bonds is 1. The number of fused-ring (bicyclic) bond motifs is 1. The van der Waals surface area contributed by atoms with Crippen LogP contribution >= 0.6 is 15.9 Å². The van der Waals surface area contributed by atoms with Gasteiger partial charge in [0.05, 0.1) is 11.8 Å². The van der Waals surface area contributed by atoms with Gasteiger partial charge in [-0.25, -0.2) is 18.3 Å². The van der Waals surface area contributed by atoms with E-state index in [2.05, 4.69) is 20.9 Å². The van der Waals surface area contributed by atoms with E-state index >= 15 is 0 Å². The molecule has 5 nitrogen and oxygen atoms in total. The van der Waals surface area contributed by atoms with Gasteiger partial charge in [-0.3, -0.25) is 9.59 Å². The summed E-state index contributed by atoms with van der Waals surface area (Å²) in [7, 11) is 0. The molecule has 22 heavy (non-hydrogen) atoms. The van der Waals surface area contributed by atoms with E-state index in [9.17, 15) is 18.4 Å². The second-order valence-electron chi connectivity index (χ2n) is 4.61.